The first kappa shape index (κ1) is 14.9. The molecule has 0 spiro atoms. The first-order chi connectivity index (χ1) is 8.49. The molecular weight excluding hydrogens is 259 g/mol. The molecule has 0 aromatic heterocycles. The molecule has 0 heterocycles. The third-order valence-corrected chi connectivity index (χ3v) is 3.95. The van der Waals surface area contributed by atoms with Gasteiger partial charge in [-0.1, -0.05) is 6.07 Å². The van der Waals surface area contributed by atoms with Gasteiger partial charge in [-0.3, -0.25) is 0 Å². The third-order valence-electron chi connectivity index (χ3n) is 2.43. The summed E-state index contributed by atoms with van der Waals surface area (Å²) in [5.41, 5.74) is 5.02. The number of rotatable bonds is 7. The highest BCUT2D eigenvalue weighted by Gasteiger charge is 2.18. The van der Waals surface area contributed by atoms with E-state index in [0.717, 1.165) is 12.5 Å². The standard InChI is InChI=1S/C11H17FN2O3S/c12-9-5-4-6-10(11(9)13)18(16,17)14-7-2-1-3-8-15/h4-6,14-15H,1-3,7-8,13H2. The summed E-state index contributed by atoms with van der Waals surface area (Å²) in [6, 6.07) is 3.66. The van der Waals surface area contributed by atoms with Crippen molar-refractivity contribution in [3.63, 3.8) is 0 Å². The molecule has 1 aromatic rings. The molecule has 1 aromatic carbocycles. The quantitative estimate of drug-likeness (QED) is 0.508. The van der Waals surface area contributed by atoms with Crippen LogP contribution >= 0.6 is 0 Å². The SMILES string of the molecule is Nc1c(F)cccc1S(=O)(=O)NCCCCCO. The van der Waals surface area contributed by atoms with E-state index in [0.29, 0.717) is 12.8 Å². The van der Waals surface area contributed by atoms with E-state index in [1.807, 2.05) is 0 Å². The highest BCUT2D eigenvalue weighted by atomic mass is 32.2. The van der Waals surface area contributed by atoms with Gasteiger partial charge in [0, 0.05) is 13.2 Å². The number of halogens is 1. The number of benzene rings is 1. The number of nitrogens with one attached hydrogen (secondary N) is 1. The average molecular weight is 276 g/mol. The summed E-state index contributed by atoms with van der Waals surface area (Å²) in [6.45, 7) is 0.321. The molecule has 0 bridgehead atoms. The Kier molecular flexibility index (Phi) is 5.52. The maximum absolute atomic E-state index is 13.2. The molecular formula is C11H17FN2O3S. The molecule has 0 aliphatic heterocycles. The first-order valence-electron chi connectivity index (χ1n) is 5.63. The van der Waals surface area contributed by atoms with E-state index in [1.165, 1.54) is 12.1 Å². The van der Waals surface area contributed by atoms with E-state index in [4.69, 9.17) is 10.8 Å². The number of para-hydroxylation sites is 1. The van der Waals surface area contributed by atoms with Gasteiger partial charge in [-0.2, -0.15) is 0 Å². The van der Waals surface area contributed by atoms with Gasteiger partial charge >= 0.3 is 0 Å². The van der Waals surface area contributed by atoms with E-state index >= 15 is 0 Å². The number of aliphatic hydroxyl groups excluding tert-OH is 1. The maximum Gasteiger partial charge on any atom is 0.242 e. The zero-order valence-electron chi connectivity index (χ0n) is 9.89. The zero-order valence-corrected chi connectivity index (χ0v) is 10.7. The van der Waals surface area contributed by atoms with Gasteiger partial charge in [-0.15, -0.1) is 0 Å². The second-order valence-corrected chi connectivity index (χ2v) is 5.57. The van der Waals surface area contributed by atoms with Crippen molar-refractivity contribution in [2.75, 3.05) is 18.9 Å². The Morgan fingerprint density at radius 2 is 2.00 bits per heavy atom. The molecule has 18 heavy (non-hydrogen) atoms. The average Bonchev–Trinajstić information content (AvgIpc) is 2.32. The predicted molar refractivity (Wildman–Crippen MR) is 66.9 cm³/mol. The summed E-state index contributed by atoms with van der Waals surface area (Å²) in [5.74, 6) is -0.752. The molecule has 0 aliphatic rings. The zero-order chi connectivity index (χ0) is 13.6. The number of hydrogen-bond acceptors (Lipinski definition) is 4. The van der Waals surface area contributed by atoms with Gasteiger partial charge in [0.05, 0.1) is 5.69 Å². The smallest absolute Gasteiger partial charge is 0.242 e. The number of unbranched alkanes of at least 4 members (excludes halogenated alkanes) is 2. The number of nitrogen functional groups attached to an aromatic ring is 1. The van der Waals surface area contributed by atoms with Crippen molar-refractivity contribution in [1.29, 1.82) is 0 Å². The second-order valence-electron chi connectivity index (χ2n) is 3.83. The molecule has 0 aliphatic carbocycles. The van der Waals surface area contributed by atoms with Crippen LogP contribution in [0.1, 0.15) is 19.3 Å². The molecule has 4 N–H and O–H groups in total. The molecule has 1 rings (SSSR count). The molecule has 0 radical (unpaired) electrons. The van der Waals surface area contributed by atoms with Crippen molar-refractivity contribution in [1.82, 2.24) is 4.72 Å². The Balaban J connectivity index is 2.66. The van der Waals surface area contributed by atoms with Crippen LogP contribution in [0.2, 0.25) is 0 Å². The fourth-order valence-corrected chi connectivity index (χ4v) is 2.66. The van der Waals surface area contributed by atoms with E-state index in [1.54, 1.807) is 0 Å². The Bertz CT molecular complexity index is 491. The minimum Gasteiger partial charge on any atom is -0.396 e. The Hall–Kier alpha value is -1.18. The first-order valence-corrected chi connectivity index (χ1v) is 7.12. The van der Waals surface area contributed by atoms with Crippen LogP contribution in [0, 0.1) is 5.82 Å². The summed E-state index contributed by atoms with van der Waals surface area (Å²) >= 11 is 0. The lowest BCUT2D eigenvalue weighted by Crippen LogP contribution is -2.25. The largest absolute Gasteiger partial charge is 0.396 e. The van der Waals surface area contributed by atoms with E-state index in [9.17, 15) is 12.8 Å². The summed E-state index contributed by atoms with van der Waals surface area (Å²) in [4.78, 5) is -0.246. The summed E-state index contributed by atoms with van der Waals surface area (Å²) in [7, 11) is -3.78. The van der Waals surface area contributed by atoms with Crippen LogP contribution < -0.4 is 10.5 Å². The molecule has 0 saturated heterocycles. The van der Waals surface area contributed by atoms with Crippen LogP contribution in [0.3, 0.4) is 0 Å². The van der Waals surface area contributed by atoms with Crippen LogP contribution in [-0.4, -0.2) is 26.7 Å². The van der Waals surface area contributed by atoms with Crippen LogP contribution in [0.25, 0.3) is 0 Å². The Labute approximate surface area is 106 Å². The predicted octanol–water partition coefficient (Wildman–Crippen LogP) is 0.849. The van der Waals surface area contributed by atoms with Crippen molar-refractivity contribution in [2.24, 2.45) is 0 Å². The van der Waals surface area contributed by atoms with Crippen molar-refractivity contribution in [2.45, 2.75) is 24.2 Å². The number of anilines is 1. The van der Waals surface area contributed by atoms with Gasteiger partial charge in [0.15, 0.2) is 0 Å². The number of sulfonamides is 1. The molecule has 0 unspecified atom stereocenters. The normalized spacial score (nSPS) is 11.7. The van der Waals surface area contributed by atoms with Gasteiger partial charge in [0.25, 0.3) is 0 Å². The van der Waals surface area contributed by atoms with Gasteiger partial charge in [-0.05, 0) is 31.4 Å². The number of nitrogens with two attached hydrogens (primary N) is 1. The highest BCUT2D eigenvalue weighted by Crippen LogP contribution is 2.20. The van der Waals surface area contributed by atoms with Crippen LogP contribution in [0.5, 0.6) is 0 Å². The van der Waals surface area contributed by atoms with Crippen LogP contribution in [0.4, 0.5) is 10.1 Å². The van der Waals surface area contributed by atoms with Gasteiger partial charge in [-0.25, -0.2) is 17.5 Å². The van der Waals surface area contributed by atoms with Gasteiger partial charge in [0.1, 0.15) is 10.7 Å². The van der Waals surface area contributed by atoms with Gasteiger partial charge < -0.3 is 10.8 Å². The summed E-state index contributed by atoms with van der Waals surface area (Å²) in [5, 5.41) is 8.57. The van der Waals surface area contributed by atoms with Crippen molar-refractivity contribution < 1.29 is 17.9 Å². The highest BCUT2D eigenvalue weighted by molar-refractivity contribution is 7.89. The van der Waals surface area contributed by atoms with Crippen molar-refractivity contribution >= 4 is 15.7 Å². The molecule has 0 amide bonds. The van der Waals surface area contributed by atoms with E-state index in [2.05, 4.69) is 4.72 Å². The maximum atomic E-state index is 13.2. The van der Waals surface area contributed by atoms with E-state index < -0.39 is 15.8 Å². The number of aliphatic hydroxyl groups is 1. The molecule has 102 valence electrons. The van der Waals surface area contributed by atoms with E-state index in [-0.39, 0.29) is 23.7 Å². The summed E-state index contributed by atoms with van der Waals surface area (Å²) in [6.07, 6.45) is 1.95. The third kappa shape index (κ3) is 3.94. The molecule has 7 heteroatoms. The summed E-state index contributed by atoms with van der Waals surface area (Å²) < 4.78 is 39.2. The molecule has 0 atom stereocenters. The van der Waals surface area contributed by atoms with Crippen LogP contribution in [-0.2, 0) is 10.0 Å². The second kappa shape index (κ2) is 6.67. The molecule has 5 nitrogen and oxygen atoms in total. The fourth-order valence-electron chi connectivity index (χ4n) is 1.45. The van der Waals surface area contributed by atoms with Crippen LogP contribution in [0.15, 0.2) is 23.1 Å². The monoisotopic (exact) mass is 276 g/mol. The molecule has 0 fully saturated rings. The number of hydrogen-bond donors (Lipinski definition) is 3. The Morgan fingerprint density at radius 3 is 2.67 bits per heavy atom. The minimum atomic E-state index is -3.78. The van der Waals surface area contributed by atoms with Crippen molar-refractivity contribution in [3.05, 3.63) is 24.0 Å². The van der Waals surface area contributed by atoms with Crippen molar-refractivity contribution in [3.8, 4) is 0 Å². The lowest BCUT2D eigenvalue weighted by Gasteiger charge is -2.09. The lowest BCUT2D eigenvalue weighted by molar-refractivity contribution is 0.283. The Morgan fingerprint density at radius 1 is 1.28 bits per heavy atom. The van der Waals surface area contributed by atoms with Gasteiger partial charge in [0.2, 0.25) is 10.0 Å². The molecule has 0 saturated carbocycles. The fraction of sp³-hybridized carbons (Fsp3) is 0.455. The minimum absolute atomic E-state index is 0.0869. The lowest BCUT2D eigenvalue weighted by atomic mass is 10.2. The topological polar surface area (TPSA) is 92.4 Å².